The van der Waals surface area contributed by atoms with Crippen LogP contribution in [-0.4, -0.2) is 23.0 Å². The first-order valence-corrected chi connectivity index (χ1v) is 11.2. The summed E-state index contributed by atoms with van der Waals surface area (Å²) in [5, 5.41) is 3.29. The molecule has 1 fully saturated rings. The second-order valence-electron chi connectivity index (χ2n) is 9.88. The number of methoxy groups -OCH3 is 1. The lowest BCUT2D eigenvalue weighted by molar-refractivity contribution is -0.274. The molecular weight excluding hydrogens is 431 g/mol. The molecule has 3 aromatic rings. The van der Waals surface area contributed by atoms with E-state index in [4.69, 9.17) is 9.72 Å². The zero-order valence-electron chi connectivity index (χ0n) is 19.4. The highest BCUT2D eigenvalue weighted by molar-refractivity contribution is 5.81. The fraction of sp³-hybridized carbons (Fsp3) is 0.480. The smallest absolute Gasteiger partial charge is 0.497 e. The molecule has 2 atom stereocenters. The summed E-state index contributed by atoms with van der Waals surface area (Å²) < 4.78 is 48.9. The van der Waals surface area contributed by atoms with E-state index in [0.29, 0.717) is 28.9 Å². The molecule has 5 nitrogen and oxygen atoms in total. The third kappa shape index (κ3) is 5.72. The minimum absolute atomic E-state index is 0.260. The summed E-state index contributed by atoms with van der Waals surface area (Å²) in [4.78, 5) is 4.78. The molecule has 1 N–H and O–H groups in total. The van der Waals surface area contributed by atoms with Crippen molar-refractivity contribution in [2.24, 2.45) is 17.3 Å². The average Bonchev–Trinajstić information content (AvgIpc) is 3.03. The Morgan fingerprint density at radius 2 is 1.79 bits per heavy atom. The molecule has 4 rings (SSSR count). The fourth-order valence-corrected chi connectivity index (χ4v) is 5.33. The van der Waals surface area contributed by atoms with Crippen molar-refractivity contribution in [2.45, 2.75) is 52.9 Å². The first kappa shape index (κ1) is 23.3. The van der Waals surface area contributed by atoms with Crippen molar-refractivity contribution < 1.29 is 22.6 Å². The summed E-state index contributed by atoms with van der Waals surface area (Å²) in [6, 6.07) is 11.5. The van der Waals surface area contributed by atoms with Gasteiger partial charge in [0, 0.05) is 18.3 Å². The monoisotopic (exact) mass is 461 g/mol. The summed E-state index contributed by atoms with van der Waals surface area (Å²) in [5.41, 5.74) is 2.72. The molecule has 1 aromatic heterocycles. The lowest BCUT2D eigenvalue weighted by atomic mass is 9.68. The molecular formula is C25H30F3N3O2. The minimum atomic E-state index is -4.72. The average molecular weight is 462 g/mol. The summed E-state index contributed by atoms with van der Waals surface area (Å²) in [5.74, 6) is 2.28. The van der Waals surface area contributed by atoms with Gasteiger partial charge in [-0.3, -0.25) is 0 Å². The number of aromatic nitrogens is 2. The molecule has 1 aliphatic rings. The molecule has 0 bridgehead atoms. The van der Waals surface area contributed by atoms with Gasteiger partial charge in [-0.15, -0.1) is 13.2 Å². The van der Waals surface area contributed by atoms with Crippen LogP contribution in [0.3, 0.4) is 0 Å². The maximum Gasteiger partial charge on any atom is 0.573 e. The van der Waals surface area contributed by atoms with Crippen molar-refractivity contribution in [1.29, 1.82) is 0 Å². The Morgan fingerprint density at radius 3 is 2.42 bits per heavy atom. The minimum Gasteiger partial charge on any atom is -0.497 e. The maximum atomic E-state index is 12.5. The SMILES string of the molecule is COc1ccc2c(c1)nc(Nc1ccc(OC(F)(F)F)cc1)n2CC1C[C@H](C)CC(C)(C)C1. The van der Waals surface area contributed by atoms with Crippen molar-refractivity contribution >= 4 is 22.7 Å². The number of imidazole rings is 1. The van der Waals surface area contributed by atoms with Crippen molar-refractivity contribution in [3.63, 3.8) is 0 Å². The quantitative estimate of drug-likeness (QED) is 0.423. The number of nitrogens with zero attached hydrogens (tertiary/aromatic N) is 2. The molecule has 8 heteroatoms. The van der Waals surface area contributed by atoms with Gasteiger partial charge in [0.1, 0.15) is 11.5 Å². The van der Waals surface area contributed by atoms with Gasteiger partial charge in [-0.2, -0.15) is 0 Å². The van der Waals surface area contributed by atoms with Gasteiger partial charge in [0.25, 0.3) is 0 Å². The van der Waals surface area contributed by atoms with Crippen LogP contribution in [0.5, 0.6) is 11.5 Å². The zero-order valence-corrected chi connectivity index (χ0v) is 19.4. The van der Waals surface area contributed by atoms with Crippen LogP contribution in [0.25, 0.3) is 11.0 Å². The Bertz CT molecular complexity index is 1110. The topological polar surface area (TPSA) is 48.3 Å². The third-order valence-electron chi connectivity index (χ3n) is 6.22. The van der Waals surface area contributed by atoms with E-state index in [2.05, 4.69) is 35.4 Å². The Balaban J connectivity index is 1.64. The molecule has 2 aromatic carbocycles. The van der Waals surface area contributed by atoms with Gasteiger partial charge in [-0.1, -0.05) is 20.8 Å². The first-order chi connectivity index (χ1) is 15.5. The van der Waals surface area contributed by atoms with E-state index < -0.39 is 6.36 Å². The van der Waals surface area contributed by atoms with E-state index in [1.165, 1.54) is 18.6 Å². The van der Waals surface area contributed by atoms with Gasteiger partial charge in [0.05, 0.1) is 18.1 Å². The Kier molecular flexibility index (Phi) is 6.20. The number of benzene rings is 2. The highest BCUT2D eigenvalue weighted by atomic mass is 19.4. The van der Waals surface area contributed by atoms with Crippen LogP contribution < -0.4 is 14.8 Å². The molecule has 0 saturated heterocycles. The standard InChI is InChI=1S/C25H30F3N3O2/c1-16-11-17(14-24(2,3)13-16)15-31-22-10-9-20(32-4)12-21(22)30-23(31)29-18-5-7-19(8-6-18)33-25(26,27)28/h5-10,12,16-17H,11,13-15H2,1-4H3,(H,29,30)/t16-,17?/m0/s1. The molecule has 0 spiro atoms. The predicted octanol–water partition coefficient (Wildman–Crippen LogP) is 7.15. The second kappa shape index (κ2) is 8.80. The van der Waals surface area contributed by atoms with Gasteiger partial charge in [0.15, 0.2) is 0 Å². The molecule has 33 heavy (non-hydrogen) atoms. The summed E-state index contributed by atoms with van der Waals surface area (Å²) in [6.07, 6.45) is -1.20. The van der Waals surface area contributed by atoms with E-state index >= 15 is 0 Å². The molecule has 1 aliphatic carbocycles. The first-order valence-electron chi connectivity index (χ1n) is 11.2. The highest BCUT2D eigenvalue weighted by Gasteiger charge is 2.33. The van der Waals surface area contributed by atoms with Gasteiger partial charge < -0.3 is 19.4 Å². The molecule has 0 amide bonds. The predicted molar refractivity (Wildman–Crippen MR) is 123 cm³/mol. The number of hydrogen-bond acceptors (Lipinski definition) is 4. The number of ether oxygens (including phenoxy) is 2. The molecule has 1 saturated carbocycles. The second-order valence-corrected chi connectivity index (χ2v) is 9.88. The van der Waals surface area contributed by atoms with E-state index in [0.717, 1.165) is 36.2 Å². The normalized spacial score (nSPS) is 20.6. The van der Waals surface area contributed by atoms with Crippen LogP contribution in [0, 0.1) is 17.3 Å². The van der Waals surface area contributed by atoms with Crippen molar-refractivity contribution in [3.05, 3.63) is 42.5 Å². The molecule has 1 heterocycles. The zero-order chi connectivity index (χ0) is 23.8. The van der Waals surface area contributed by atoms with Crippen LogP contribution in [0.1, 0.15) is 40.0 Å². The van der Waals surface area contributed by atoms with E-state index in [9.17, 15) is 13.2 Å². The van der Waals surface area contributed by atoms with Crippen molar-refractivity contribution in [1.82, 2.24) is 9.55 Å². The summed E-state index contributed by atoms with van der Waals surface area (Å²) >= 11 is 0. The summed E-state index contributed by atoms with van der Waals surface area (Å²) in [7, 11) is 1.62. The fourth-order valence-electron chi connectivity index (χ4n) is 5.33. The maximum absolute atomic E-state index is 12.5. The number of halogens is 3. The Morgan fingerprint density at radius 1 is 1.09 bits per heavy atom. The van der Waals surface area contributed by atoms with Crippen molar-refractivity contribution in [3.8, 4) is 11.5 Å². The lowest BCUT2D eigenvalue weighted by Crippen LogP contribution is -2.30. The van der Waals surface area contributed by atoms with Crippen LogP contribution in [0.2, 0.25) is 0 Å². The number of hydrogen-bond donors (Lipinski definition) is 1. The van der Waals surface area contributed by atoms with Gasteiger partial charge in [-0.05, 0) is 72.9 Å². The number of rotatable bonds is 6. The van der Waals surface area contributed by atoms with Gasteiger partial charge in [-0.25, -0.2) is 4.98 Å². The van der Waals surface area contributed by atoms with Crippen LogP contribution in [-0.2, 0) is 6.54 Å². The van der Waals surface area contributed by atoms with Gasteiger partial charge in [0.2, 0.25) is 5.95 Å². The largest absolute Gasteiger partial charge is 0.573 e. The number of alkyl halides is 3. The van der Waals surface area contributed by atoms with E-state index in [1.54, 1.807) is 19.2 Å². The van der Waals surface area contributed by atoms with Crippen LogP contribution >= 0.6 is 0 Å². The van der Waals surface area contributed by atoms with Crippen LogP contribution in [0.15, 0.2) is 42.5 Å². The number of nitrogens with one attached hydrogen (secondary N) is 1. The van der Waals surface area contributed by atoms with E-state index in [1.807, 2.05) is 18.2 Å². The number of fused-ring (bicyclic) bond motifs is 1. The Labute approximate surface area is 191 Å². The number of anilines is 2. The van der Waals surface area contributed by atoms with Crippen molar-refractivity contribution in [2.75, 3.05) is 12.4 Å². The van der Waals surface area contributed by atoms with Gasteiger partial charge >= 0.3 is 6.36 Å². The lowest BCUT2D eigenvalue weighted by Gasteiger charge is -2.39. The van der Waals surface area contributed by atoms with Crippen LogP contribution in [0.4, 0.5) is 24.8 Å². The molecule has 0 aliphatic heterocycles. The molecule has 0 radical (unpaired) electrons. The summed E-state index contributed by atoms with van der Waals surface area (Å²) in [6.45, 7) is 7.79. The molecule has 178 valence electrons. The third-order valence-corrected chi connectivity index (χ3v) is 6.22. The molecule has 1 unspecified atom stereocenters. The highest BCUT2D eigenvalue weighted by Crippen LogP contribution is 2.43. The Hall–Kier alpha value is -2.90. The van der Waals surface area contributed by atoms with E-state index in [-0.39, 0.29) is 5.75 Å².